The first-order valence-corrected chi connectivity index (χ1v) is 6.79. The summed E-state index contributed by atoms with van der Waals surface area (Å²) in [5, 5.41) is 1.28. The molecule has 2 bridgehead atoms. The van der Waals surface area contributed by atoms with Gasteiger partial charge in [0.05, 0.1) is 10.0 Å². The fourth-order valence-electron chi connectivity index (χ4n) is 2.95. The molecule has 0 N–H and O–H groups in total. The van der Waals surface area contributed by atoms with Crippen LogP contribution in [0.4, 0.5) is 0 Å². The van der Waals surface area contributed by atoms with Gasteiger partial charge < -0.3 is 0 Å². The van der Waals surface area contributed by atoms with Gasteiger partial charge in [0, 0.05) is 12.1 Å². The Kier molecular flexibility index (Phi) is 2.94. The summed E-state index contributed by atoms with van der Waals surface area (Å²) in [6, 6.07) is 7.26. The molecule has 2 aliphatic rings. The van der Waals surface area contributed by atoms with Crippen LogP contribution in [0.5, 0.6) is 0 Å². The van der Waals surface area contributed by atoms with Crippen molar-refractivity contribution in [3.63, 3.8) is 0 Å². The molecule has 0 amide bonds. The van der Waals surface area contributed by atoms with Gasteiger partial charge >= 0.3 is 0 Å². The van der Waals surface area contributed by atoms with Crippen molar-refractivity contribution in [2.24, 2.45) is 0 Å². The number of nitrogens with zero attached hydrogens (tertiary/aromatic N) is 1. The molecule has 0 spiro atoms. The number of halogens is 2. The summed E-state index contributed by atoms with van der Waals surface area (Å²) in [6.45, 7) is 0. The normalized spacial score (nSPS) is 28.3. The SMILES string of the molecule is CN1C2CC[C@@H]1C=C(c1ccc(Cl)c(Cl)c1)C2. The zero-order valence-corrected chi connectivity index (χ0v) is 11.3. The van der Waals surface area contributed by atoms with Crippen LogP contribution in [0.1, 0.15) is 24.8 Å². The molecule has 3 rings (SSSR count). The predicted molar refractivity (Wildman–Crippen MR) is 73.6 cm³/mol. The molecule has 0 aromatic heterocycles. The summed E-state index contributed by atoms with van der Waals surface area (Å²) >= 11 is 12.0. The molecular formula is C14H15Cl2N. The van der Waals surface area contributed by atoms with Gasteiger partial charge in [0.15, 0.2) is 0 Å². The van der Waals surface area contributed by atoms with E-state index in [-0.39, 0.29) is 0 Å². The van der Waals surface area contributed by atoms with Crippen LogP contribution in [0.2, 0.25) is 10.0 Å². The van der Waals surface area contributed by atoms with E-state index in [0.717, 1.165) is 6.42 Å². The molecule has 0 aliphatic carbocycles. The van der Waals surface area contributed by atoms with Crippen LogP contribution in [0.3, 0.4) is 0 Å². The lowest BCUT2D eigenvalue weighted by atomic mass is 9.95. The van der Waals surface area contributed by atoms with E-state index in [1.165, 1.54) is 24.0 Å². The summed E-state index contributed by atoms with van der Waals surface area (Å²) in [4.78, 5) is 2.49. The highest BCUT2D eigenvalue weighted by Gasteiger charge is 2.33. The van der Waals surface area contributed by atoms with Crippen molar-refractivity contribution < 1.29 is 0 Å². The fraction of sp³-hybridized carbons (Fsp3) is 0.429. The van der Waals surface area contributed by atoms with E-state index in [0.29, 0.717) is 22.1 Å². The second-order valence-corrected chi connectivity index (χ2v) is 5.80. The largest absolute Gasteiger partial charge is 0.297 e. The lowest BCUT2D eigenvalue weighted by Gasteiger charge is -2.30. The minimum absolute atomic E-state index is 0.609. The minimum atomic E-state index is 0.609. The van der Waals surface area contributed by atoms with E-state index < -0.39 is 0 Å². The predicted octanol–water partition coefficient (Wildman–Crippen LogP) is 4.24. The van der Waals surface area contributed by atoms with Crippen LogP contribution in [-0.2, 0) is 0 Å². The summed E-state index contributed by atoms with van der Waals surface area (Å²) in [6.07, 6.45) is 6.11. The van der Waals surface area contributed by atoms with E-state index in [1.807, 2.05) is 12.1 Å². The molecule has 1 aromatic rings. The van der Waals surface area contributed by atoms with Crippen LogP contribution in [0, 0.1) is 0 Å². The number of rotatable bonds is 1. The average molecular weight is 268 g/mol. The maximum absolute atomic E-state index is 6.08. The summed E-state index contributed by atoms with van der Waals surface area (Å²) < 4.78 is 0. The highest BCUT2D eigenvalue weighted by atomic mass is 35.5. The van der Waals surface area contributed by atoms with Gasteiger partial charge in [0.25, 0.3) is 0 Å². The zero-order valence-electron chi connectivity index (χ0n) is 9.79. The van der Waals surface area contributed by atoms with Crippen molar-refractivity contribution in [2.45, 2.75) is 31.3 Å². The Labute approximate surface area is 112 Å². The van der Waals surface area contributed by atoms with Crippen molar-refractivity contribution in [1.29, 1.82) is 0 Å². The molecule has 1 fully saturated rings. The Morgan fingerprint density at radius 1 is 1.18 bits per heavy atom. The first kappa shape index (κ1) is 11.6. The Morgan fingerprint density at radius 3 is 2.71 bits per heavy atom. The van der Waals surface area contributed by atoms with Crippen LogP contribution in [0.25, 0.3) is 5.57 Å². The van der Waals surface area contributed by atoms with Crippen LogP contribution in [0.15, 0.2) is 24.3 Å². The fourth-order valence-corrected chi connectivity index (χ4v) is 3.25. The molecule has 2 heterocycles. The smallest absolute Gasteiger partial charge is 0.0598 e. The van der Waals surface area contributed by atoms with Gasteiger partial charge in [-0.2, -0.15) is 0 Å². The van der Waals surface area contributed by atoms with Crippen molar-refractivity contribution in [2.75, 3.05) is 7.05 Å². The van der Waals surface area contributed by atoms with Crippen LogP contribution < -0.4 is 0 Å². The van der Waals surface area contributed by atoms with Crippen LogP contribution in [-0.4, -0.2) is 24.0 Å². The molecule has 90 valence electrons. The first-order valence-electron chi connectivity index (χ1n) is 6.03. The maximum Gasteiger partial charge on any atom is 0.0598 e. The third-order valence-corrected chi connectivity index (χ3v) is 4.77. The van der Waals surface area contributed by atoms with Gasteiger partial charge in [-0.05, 0) is 49.6 Å². The molecule has 2 atom stereocenters. The molecule has 1 saturated heterocycles. The molecule has 0 radical (unpaired) electrons. The van der Waals surface area contributed by atoms with Gasteiger partial charge in [0.2, 0.25) is 0 Å². The summed E-state index contributed by atoms with van der Waals surface area (Å²) in [5.41, 5.74) is 2.65. The van der Waals surface area contributed by atoms with E-state index >= 15 is 0 Å². The topological polar surface area (TPSA) is 3.24 Å². The van der Waals surface area contributed by atoms with E-state index in [2.05, 4.69) is 24.1 Å². The van der Waals surface area contributed by atoms with Gasteiger partial charge in [-0.15, -0.1) is 0 Å². The summed E-state index contributed by atoms with van der Waals surface area (Å²) in [5.74, 6) is 0. The van der Waals surface area contributed by atoms with Crippen molar-refractivity contribution >= 4 is 28.8 Å². The van der Waals surface area contributed by atoms with Gasteiger partial charge in [-0.3, -0.25) is 4.90 Å². The molecule has 3 heteroatoms. The van der Waals surface area contributed by atoms with Gasteiger partial charge in [0.1, 0.15) is 0 Å². The lowest BCUT2D eigenvalue weighted by molar-refractivity contribution is 0.264. The monoisotopic (exact) mass is 267 g/mol. The minimum Gasteiger partial charge on any atom is -0.297 e. The number of likely N-dealkylation sites (N-methyl/N-ethyl adjacent to an activating group) is 1. The Bertz CT molecular complexity index is 481. The van der Waals surface area contributed by atoms with Gasteiger partial charge in [-0.25, -0.2) is 0 Å². The third kappa shape index (κ3) is 2.01. The Balaban J connectivity index is 1.95. The zero-order chi connectivity index (χ0) is 12.0. The standard InChI is InChI=1S/C14H15Cl2N/c1-17-11-3-4-12(17)7-10(6-11)9-2-5-13(15)14(16)8-9/h2,5-6,8,11-12H,3-4,7H2,1H3/t11-,12?/m1/s1. The number of hydrogen-bond donors (Lipinski definition) is 0. The second kappa shape index (κ2) is 4.31. The third-order valence-electron chi connectivity index (χ3n) is 4.03. The van der Waals surface area contributed by atoms with Crippen molar-refractivity contribution in [3.8, 4) is 0 Å². The maximum atomic E-state index is 6.08. The lowest BCUT2D eigenvalue weighted by Crippen LogP contribution is -2.34. The Morgan fingerprint density at radius 2 is 2.00 bits per heavy atom. The number of fused-ring (bicyclic) bond motifs is 2. The molecule has 1 nitrogen and oxygen atoms in total. The molecule has 17 heavy (non-hydrogen) atoms. The van der Waals surface area contributed by atoms with E-state index in [1.54, 1.807) is 0 Å². The first-order chi connectivity index (χ1) is 8.15. The van der Waals surface area contributed by atoms with Gasteiger partial charge in [-0.1, -0.05) is 35.3 Å². The molecule has 2 aliphatic heterocycles. The molecule has 1 aromatic carbocycles. The van der Waals surface area contributed by atoms with Crippen molar-refractivity contribution in [1.82, 2.24) is 4.90 Å². The highest BCUT2D eigenvalue weighted by Crippen LogP contribution is 2.38. The van der Waals surface area contributed by atoms with Crippen LogP contribution >= 0.6 is 23.2 Å². The number of hydrogen-bond acceptors (Lipinski definition) is 1. The van der Waals surface area contributed by atoms with E-state index in [9.17, 15) is 0 Å². The quantitative estimate of drug-likeness (QED) is 0.736. The molecular weight excluding hydrogens is 253 g/mol. The number of benzene rings is 1. The van der Waals surface area contributed by atoms with Crippen molar-refractivity contribution in [3.05, 3.63) is 39.9 Å². The van der Waals surface area contributed by atoms with E-state index in [4.69, 9.17) is 23.2 Å². The Hall–Kier alpha value is -0.500. The molecule has 0 saturated carbocycles. The summed E-state index contributed by atoms with van der Waals surface area (Å²) in [7, 11) is 2.23. The second-order valence-electron chi connectivity index (χ2n) is 4.99. The molecule has 1 unspecified atom stereocenters. The highest BCUT2D eigenvalue weighted by molar-refractivity contribution is 6.42. The average Bonchev–Trinajstić information content (AvgIpc) is 2.55.